The first-order valence-electron chi connectivity index (χ1n) is 10.3. The maximum atomic E-state index is 12.3. The van der Waals surface area contributed by atoms with Crippen LogP contribution in [0.25, 0.3) is 6.08 Å². The van der Waals surface area contributed by atoms with Gasteiger partial charge >= 0.3 is 0 Å². The van der Waals surface area contributed by atoms with Gasteiger partial charge in [-0.1, -0.05) is 42.0 Å². The zero-order valence-corrected chi connectivity index (χ0v) is 20.2. The number of benzene rings is 2. The van der Waals surface area contributed by atoms with Crippen LogP contribution >= 0.6 is 12.4 Å². The first-order chi connectivity index (χ1) is 15.1. The fraction of sp³-hybridized carbons (Fsp3) is 0.320. The van der Waals surface area contributed by atoms with Crippen molar-refractivity contribution in [1.82, 2.24) is 10.6 Å². The van der Waals surface area contributed by atoms with Gasteiger partial charge in [0.15, 0.2) is 0 Å². The van der Waals surface area contributed by atoms with Crippen molar-refractivity contribution in [2.45, 2.75) is 45.8 Å². The van der Waals surface area contributed by atoms with Gasteiger partial charge in [0, 0.05) is 12.1 Å². The van der Waals surface area contributed by atoms with Crippen molar-refractivity contribution in [3.63, 3.8) is 0 Å². The molecule has 0 aliphatic heterocycles. The second kappa shape index (κ2) is 12.6. The van der Waals surface area contributed by atoms with Crippen molar-refractivity contribution in [2.24, 2.45) is 5.73 Å². The van der Waals surface area contributed by atoms with Crippen molar-refractivity contribution in [2.75, 3.05) is 6.61 Å². The molecule has 0 bridgehead atoms. The van der Waals surface area contributed by atoms with Crippen LogP contribution in [0.3, 0.4) is 0 Å². The zero-order chi connectivity index (χ0) is 23.7. The van der Waals surface area contributed by atoms with Crippen LogP contribution in [0.15, 0.2) is 54.1 Å². The molecule has 7 nitrogen and oxygen atoms in total. The van der Waals surface area contributed by atoms with Crippen LogP contribution in [0.2, 0.25) is 0 Å². The molecule has 0 aliphatic carbocycles. The molecule has 1 atom stereocenters. The second-order valence-corrected chi connectivity index (χ2v) is 8.57. The summed E-state index contributed by atoms with van der Waals surface area (Å²) in [6, 6.07) is 15.8. The predicted molar refractivity (Wildman–Crippen MR) is 132 cm³/mol. The Hall–Kier alpha value is -3.34. The van der Waals surface area contributed by atoms with Gasteiger partial charge in [-0.15, -0.1) is 12.4 Å². The highest BCUT2D eigenvalue weighted by atomic mass is 35.5. The average molecular weight is 471 g/mol. The third kappa shape index (κ3) is 9.77. The van der Waals surface area contributed by atoms with E-state index in [9.17, 15) is 14.9 Å². The first kappa shape index (κ1) is 27.7. The van der Waals surface area contributed by atoms with Gasteiger partial charge in [0.25, 0.3) is 5.91 Å². The molecule has 33 heavy (non-hydrogen) atoms. The minimum Gasteiger partial charge on any atom is -0.491 e. The van der Waals surface area contributed by atoms with Gasteiger partial charge in [0.2, 0.25) is 5.91 Å². The van der Waals surface area contributed by atoms with Crippen LogP contribution in [-0.2, 0) is 16.1 Å². The molecular formula is C25H31ClN4O3. The van der Waals surface area contributed by atoms with E-state index in [1.54, 1.807) is 24.3 Å². The van der Waals surface area contributed by atoms with E-state index in [4.69, 9.17) is 10.5 Å². The molecule has 4 N–H and O–H groups in total. The van der Waals surface area contributed by atoms with Gasteiger partial charge in [0.05, 0.1) is 0 Å². The Morgan fingerprint density at radius 2 is 1.85 bits per heavy atom. The SMILES string of the molecule is Cc1ccc(CNC(=O)[C@@H](N)COc2cccc(/C=C(\C#N)C(=O)NC(C)(C)C)c2)cc1.Cl. The highest BCUT2D eigenvalue weighted by Gasteiger charge is 2.17. The van der Waals surface area contributed by atoms with E-state index in [0.717, 1.165) is 11.1 Å². The number of ether oxygens (including phenoxy) is 1. The van der Waals surface area contributed by atoms with Crippen molar-refractivity contribution >= 4 is 30.3 Å². The van der Waals surface area contributed by atoms with Gasteiger partial charge in [-0.25, -0.2) is 0 Å². The third-order valence-corrected chi connectivity index (χ3v) is 4.38. The number of carbonyl (C=O) groups excluding carboxylic acids is 2. The number of hydrogen-bond donors (Lipinski definition) is 3. The molecule has 176 valence electrons. The minimum absolute atomic E-state index is 0. The lowest BCUT2D eigenvalue weighted by Gasteiger charge is -2.20. The summed E-state index contributed by atoms with van der Waals surface area (Å²) in [5.41, 5.74) is 8.25. The van der Waals surface area contributed by atoms with Crippen LogP contribution in [0.1, 0.15) is 37.5 Å². The summed E-state index contributed by atoms with van der Waals surface area (Å²) < 4.78 is 5.66. The number of amides is 2. The molecule has 8 heteroatoms. The van der Waals surface area contributed by atoms with Gasteiger partial charge < -0.3 is 21.1 Å². The minimum atomic E-state index is -0.841. The van der Waals surface area contributed by atoms with Crippen LogP contribution in [-0.4, -0.2) is 30.0 Å². The van der Waals surface area contributed by atoms with E-state index in [-0.39, 0.29) is 30.5 Å². The lowest BCUT2D eigenvalue weighted by atomic mass is 10.1. The molecule has 0 fully saturated rings. The number of nitrogens with two attached hydrogens (primary N) is 1. The smallest absolute Gasteiger partial charge is 0.262 e. The Morgan fingerprint density at radius 1 is 1.18 bits per heavy atom. The van der Waals surface area contributed by atoms with Gasteiger partial charge in [-0.3, -0.25) is 9.59 Å². The van der Waals surface area contributed by atoms with E-state index in [1.165, 1.54) is 6.08 Å². The molecule has 0 radical (unpaired) electrons. The van der Waals surface area contributed by atoms with Gasteiger partial charge in [0.1, 0.15) is 30.0 Å². The van der Waals surface area contributed by atoms with E-state index in [1.807, 2.05) is 58.0 Å². The molecule has 2 aromatic rings. The molecule has 0 unspecified atom stereocenters. The van der Waals surface area contributed by atoms with E-state index in [0.29, 0.717) is 17.9 Å². The Bertz CT molecular complexity index is 1020. The maximum absolute atomic E-state index is 12.3. The molecule has 0 saturated carbocycles. The predicted octanol–water partition coefficient (Wildman–Crippen LogP) is 3.26. The average Bonchev–Trinajstić information content (AvgIpc) is 2.74. The fourth-order valence-corrected chi connectivity index (χ4v) is 2.71. The highest BCUT2D eigenvalue weighted by molar-refractivity contribution is 6.02. The number of rotatable bonds is 8. The number of halogens is 1. The van der Waals surface area contributed by atoms with Crippen LogP contribution < -0.4 is 21.1 Å². The Kier molecular flexibility index (Phi) is 10.6. The molecule has 0 spiro atoms. The lowest BCUT2D eigenvalue weighted by Crippen LogP contribution is -2.44. The molecule has 0 saturated heterocycles. The molecule has 2 amide bonds. The number of nitrogens with one attached hydrogen (secondary N) is 2. The quantitative estimate of drug-likeness (QED) is 0.404. The van der Waals surface area contributed by atoms with Crippen molar-refractivity contribution < 1.29 is 14.3 Å². The maximum Gasteiger partial charge on any atom is 0.262 e. The first-order valence-corrected chi connectivity index (χ1v) is 10.3. The number of nitriles is 1. The van der Waals surface area contributed by atoms with Crippen molar-refractivity contribution in [3.8, 4) is 11.8 Å². The molecule has 2 rings (SSSR count). The number of carbonyl (C=O) groups is 2. The summed E-state index contributed by atoms with van der Waals surface area (Å²) in [5, 5.41) is 14.9. The van der Waals surface area contributed by atoms with E-state index in [2.05, 4.69) is 10.6 Å². The lowest BCUT2D eigenvalue weighted by molar-refractivity contribution is -0.123. The van der Waals surface area contributed by atoms with Crippen molar-refractivity contribution in [3.05, 3.63) is 70.8 Å². The Balaban J connectivity index is 0.00000544. The number of hydrogen-bond acceptors (Lipinski definition) is 5. The normalized spacial score (nSPS) is 12.1. The monoisotopic (exact) mass is 470 g/mol. The zero-order valence-electron chi connectivity index (χ0n) is 19.3. The van der Waals surface area contributed by atoms with Crippen LogP contribution in [0.5, 0.6) is 5.75 Å². The van der Waals surface area contributed by atoms with Crippen LogP contribution in [0.4, 0.5) is 0 Å². The van der Waals surface area contributed by atoms with Gasteiger partial charge in [-0.05, 0) is 57.0 Å². The highest BCUT2D eigenvalue weighted by Crippen LogP contribution is 2.16. The third-order valence-electron chi connectivity index (χ3n) is 4.38. The summed E-state index contributed by atoms with van der Waals surface area (Å²) in [5.74, 6) is -0.278. The number of nitrogens with zero attached hydrogens (tertiary/aromatic N) is 1. The van der Waals surface area contributed by atoms with E-state index >= 15 is 0 Å². The molecule has 2 aromatic carbocycles. The van der Waals surface area contributed by atoms with Gasteiger partial charge in [-0.2, -0.15) is 5.26 Å². The second-order valence-electron chi connectivity index (χ2n) is 8.57. The largest absolute Gasteiger partial charge is 0.491 e. The fourth-order valence-electron chi connectivity index (χ4n) is 2.71. The topological polar surface area (TPSA) is 117 Å². The Labute approximate surface area is 201 Å². The molecule has 0 heterocycles. The number of aryl methyl sites for hydroxylation is 1. The van der Waals surface area contributed by atoms with Crippen LogP contribution in [0, 0.1) is 18.3 Å². The molecular weight excluding hydrogens is 440 g/mol. The molecule has 0 aromatic heterocycles. The molecule has 0 aliphatic rings. The van der Waals surface area contributed by atoms with Crippen molar-refractivity contribution in [1.29, 1.82) is 5.26 Å². The summed E-state index contributed by atoms with van der Waals surface area (Å²) in [6.45, 7) is 7.91. The summed E-state index contributed by atoms with van der Waals surface area (Å²) in [4.78, 5) is 24.5. The summed E-state index contributed by atoms with van der Waals surface area (Å²) in [6.07, 6.45) is 1.49. The summed E-state index contributed by atoms with van der Waals surface area (Å²) in [7, 11) is 0. The summed E-state index contributed by atoms with van der Waals surface area (Å²) >= 11 is 0. The standard InChI is InChI=1S/C25H30N4O3.ClH/c1-17-8-10-18(11-9-17)15-28-24(31)22(27)16-32-21-7-5-6-19(13-21)12-20(14-26)23(30)29-25(2,3)4;/h5-13,22H,15-16,27H2,1-4H3,(H,28,31)(H,29,30);1H/b20-12+;/t22-;/m0./s1. The Morgan fingerprint density at radius 3 is 2.45 bits per heavy atom. The van der Waals surface area contributed by atoms with E-state index < -0.39 is 17.5 Å².